The number of carboxylic acids is 1. The molecule has 1 heterocycles. The molecule has 1 aromatic rings. The van der Waals surface area contributed by atoms with Crippen LogP contribution in [0, 0.1) is 11.3 Å². The molecule has 0 saturated carbocycles. The molecule has 18 heavy (non-hydrogen) atoms. The van der Waals surface area contributed by atoms with Crippen LogP contribution in [0.15, 0.2) is 24.3 Å². The predicted octanol–water partition coefficient (Wildman–Crippen LogP) is 1.25. The smallest absolute Gasteiger partial charge is 0.326 e. The Balaban J connectivity index is 2.25. The molecule has 1 aliphatic rings. The highest BCUT2D eigenvalue weighted by Crippen LogP contribution is 2.20. The number of nitrogens with zero attached hydrogens (tertiary/aromatic N) is 2. The van der Waals surface area contributed by atoms with Crippen LogP contribution in [-0.2, 0) is 4.79 Å². The number of carboxylic acid groups (broad SMARTS) is 1. The van der Waals surface area contributed by atoms with E-state index in [4.69, 9.17) is 10.4 Å². The van der Waals surface area contributed by atoms with Crippen molar-refractivity contribution < 1.29 is 14.7 Å². The molecule has 0 radical (unpaired) electrons. The summed E-state index contributed by atoms with van der Waals surface area (Å²) in [6, 6.07) is 7.53. The van der Waals surface area contributed by atoms with E-state index >= 15 is 0 Å². The molecule has 5 heteroatoms. The van der Waals surface area contributed by atoms with Crippen molar-refractivity contribution in [3.05, 3.63) is 35.4 Å². The van der Waals surface area contributed by atoms with E-state index in [-0.39, 0.29) is 5.91 Å². The van der Waals surface area contributed by atoms with Crippen molar-refractivity contribution in [2.45, 2.75) is 18.9 Å². The first kappa shape index (κ1) is 12.1. The van der Waals surface area contributed by atoms with Crippen molar-refractivity contribution in [3.63, 3.8) is 0 Å². The monoisotopic (exact) mass is 244 g/mol. The summed E-state index contributed by atoms with van der Waals surface area (Å²) in [5, 5.41) is 17.8. The van der Waals surface area contributed by atoms with Crippen molar-refractivity contribution in [1.82, 2.24) is 4.90 Å². The minimum Gasteiger partial charge on any atom is -0.480 e. The van der Waals surface area contributed by atoms with Gasteiger partial charge in [-0.3, -0.25) is 4.79 Å². The Morgan fingerprint density at radius 2 is 2.22 bits per heavy atom. The Hall–Kier alpha value is -2.35. The maximum absolute atomic E-state index is 12.2. The van der Waals surface area contributed by atoms with Crippen LogP contribution < -0.4 is 0 Å². The van der Waals surface area contributed by atoms with Crippen molar-refractivity contribution in [2.24, 2.45) is 0 Å². The van der Waals surface area contributed by atoms with Crippen LogP contribution in [0.3, 0.4) is 0 Å². The minimum absolute atomic E-state index is 0.322. The number of hydrogen-bond acceptors (Lipinski definition) is 3. The van der Waals surface area contributed by atoms with Crippen LogP contribution >= 0.6 is 0 Å². The number of carbonyl (C=O) groups is 2. The molecule has 5 nitrogen and oxygen atoms in total. The molecule has 1 saturated heterocycles. The number of aliphatic carboxylic acids is 1. The zero-order valence-electron chi connectivity index (χ0n) is 9.67. The molecule has 1 N–H and O–H groups in total. The van der Waals surface area contributed by atoms with Gasteiger partial charge >= 0.3 is 5.97 Å². The average Bonchev–Trinajstić information content (AvgIpc) is 2.87. The summed E-state index contributed by atoms with van der Waals surface area (Å²) in [4.78, 5) is 24.6. The van der Waals surface area contributed by atoms with Crippen LogP contribution in [0.4, 0.5) is 0 Å². The number of rotatable bonds is 2. The molecule has 1 aromatic carbocycles. The highest BCUT2D eigenvalue weighted by Gasteiger charge is 2.34. The highest BCUT2D eigenvalue weighted by molar-refractivity contribution is 5.97. The summed E-state index contributed by atoms with van der Waals surface area (Å²) < 4.78 is 0. The van der Waals surface area contributed by atoms with E-state index in [1.165, 1.54) is 11.0 Å². The second-order valence-electron chi connectivity index (χ2n) is 4.19. The molecular weight excluding hydrogens is 232 g/mol. The molecular formula is C13H12N2O3. The molecule has 0 spiro atoms. The lowest BCUT2D eigenvalue weighted by atomic mass is 10.1. The van der Waals surface area contributed by atoms with Crippen molar-refractivity contribution in [3.8, 4) is 6.07 Å². The lowest BCUT2D eigenvalue weighted by Crippen LogP contribution is -2.40. The number of hydrogen-bond donors (Lipinski definition) is 1. The van der Waals surface area contributed by atoms with E-state index < -0.39 is 12.0 Å². The van der Waals surface area contributed by atoms with Crippen molar-refractivity contribution >= 4 is 11.9 Å². The number of nitriles is 1. The Morgan fingerprint density at radius 1 is 1.44 bits per heavy atom. The molecule has 1 aliphatic heterocycles. The maximum atomic E-state index is 12.2. The Bertz CT molecular complexity index is 533. The molecule has 0 unspecified atom stereocenters. The van der Waals surface area contributed by atoms with E-state index in [1.54, 1.807) is 18.2 Å². The van der Waals surface area contributed by atoms with Crippen LogP contribution in [0.2, 0.25) is 0 Å². The first-order valence-electron chi connectivity index (χ1n) is 5.67. The predicted molar refractivity (Wildman–Crippen MR) is 62.9 cm³/mol. The third-order valence-corrected chi connectivity index (χ3v) is 3.04. The molecule has 1 atom stereocenters. The zero-order chi connectivity index (χ0) is 13.1. The Kier molecular flexibility index (Phi) is 3.28. The highest BCUT2D eigenvalue weighted by atomic mass is 16.4. The third-order valence-electron chi connectivity index (χ3n) is 3.04. The van der Waals surface area contributed by atoms with Gasteiger partial charge in [0, 0.05) is 12.1 Å². The molecule has 0 bridgehead atoms. The van der Waals surface area contributed by atoms with E-state index in [1.807, 2.05) is 6.07 Å². The zero-order valence-corrected chi connectivity index (χ0v) is 9.67. The first-order valence-corrected chi connectivity index (χ1v) is 5.67. The fourth-order valence-electron chi connectivity index (χ4n) is 2.15. The standard InChI is InChI=1S/C13H12N2O3/c14-8-9-3-1-4-10(7-9)12(16)15-6-2-5-11(15)13(17)18/h1,3-4,7,11H,2,5-6H2,(H,17,18)/t11-/m0/s1. The quantitative estimate of drug-likeness (QED) is 0.848. The maximum Gasteiger partial charge on any atom is 0.326 e. The van der Waals surface area contributed by atoms with Crippen molar-refractivity contribution in [1.29, 1.82) is 5.26 Å². The van der Waals surface area contributed by atoms with Gasteiger partial charge in [0.05, 0.1) is 11.6 Å². The van der Waals surface area contributed by atoms with Gasteiger partial charge in [-0.25, -0.2) is 4.79 Å². The second-order valence-corrected chi connectivity index (χ2v) is 4.19. The summed E-state index contributed by atoms with van der Waals surface area (Å²) >= 11 is 0. The van der Waals surface area contributed by atoms with Gasteiger partial charge in [0.1, 0.15) is 6.04 Å². The average molecular weight is 244 g/mol. The summed E-state index contributed by atoms with van der Waals surface area (Å²) in [5.41, 5.74) is 0.758. The largest absolute Gasteiger partial charge is 0.480 e. The number of amides is 1. The van der Waals surface area contributed by atoms with Gasteiger partial charge in [0.25, 0.3) is 5.91 Å². The molecule has 0 aromatic heterocycles. The fourth-order valence-corrected chi connectivity index (χ4v) is 2.15. The lowest BCUT2D eigenvalue weighted by Gasteiger charge is -2.21. The Labute approximate surface area is 104 Å². The van der Waals surface area contributed by atoms with Gasteiger partial charge in [-0.05, 0) is 31.0 Å². The van der Waals surface area contributed by atoms with Crippen molar-refractivity contribution in [2.75, 3.05) is 6.54 Å². The molecule has 1 amide bonds. The van der Waals surface area contributed by atoms with Crippen LogP contribution in [0.25, 0.3) is 0 Å². The fraction of sp³-hybridized carbons (Fsp3) is 0.308. The number of benzene rings is 1. The molecule has 0 aliphatic carbocycles. The summed E-state index contributed by atoms with van der Waals surface area (Å²) in [7, 11) is 0. The molecule has 2 rings (SSSR count). The van der Waals surface area contributed by atoms with Gasteiger partial charge in [0.2, 0.25) is 0 Å². The van der Waals surface area contributed by atoms with Gasteiger partial charge in [0.15, 0.2) is 0 Å². The topological polar surface area (TPSA) is 81.4 Å². The summed E-state index contributed by atoms with van der Waals surface area (Å²) in [6.07, 6.45) is 1.18. The molecule has 92 valence electrons. The van der Waals surface area contributed by atoms with E-state index in [0.717, 1.165) is 0 Å². The van der Waals surface area contributed by atoms with Crippen LogP contribution in [0.5, 0.6) is 0 Å². The lowest BCUT2D eigenvalue weighted by molar-refractivity contribution is -0.141. The normalized spacial score (nSPS) is 18.4. The van der Waals surface area contributed by atoms with E-state index in [2.05, 4.69) is 0 Å². The first-order chi connectivity index (χ1) is 8.63. The van der Waals surface area contributed by atoms with Crippen LogP contribution in [0.1, 0.15) is 28.8 Å². The van der Waals surface area contributed by atoms with Gasteiger partial charge in [-0.1, -0.05) is 6.07 Å². The van der Waals surface area contributed by atoms with Crippen LogP contribution in [-0.4, -0.2) is 34.5 Å². The minimum atomic E-state index is -0.975. The van der Waals surface area contributed by atoms with Gasteiger partial charge in [-0.15, -0.1) is 0 Å². The van der Waals surface area contributed by atoms with Gasteiger partial charge in [-0.2, -0.15) is 5.26 Å². The Morgan fingerprint density at radius 3 is 2.89 bits per heavy atom. The SMILES string of the molecule is N#Cc1cccc(C(=O)N2CCC[C@H]2C(=O)O)c1. The second kappa shape index (κ2) is 4.88. The van der Waals surface area contributed by atoms with Gasteiger partial charge < -0.3 is 10.0 Å². The van der Waals surface area contributed by atoms with E-state index in [9.17, 15) is 9.59 Å². The number of likely N-dealkylation sites (tertiary alicyclic amines) is 1. The third kappa shape index (κ3) is 2.18. The molecule has 1 fully saturated rings. The van der Waals surface area contributed by atoms with E-state index in [0.29, 0.717) is 30.5 Å². The summed E-state index contributed by atoms with van der Waals surface area (Å²) in [6.45, 7) is 0.451. The number of carbonyl (C=O) groups excluding carboxylic acids is 1. The summed E-state index contributed by atoms with van der Waals surface area (Å²) in [5.74, 6) is -1.30.